The lowest BCUT2D eigenvalue weighted by atomic mass is 10.0. The first-order valence-electron chi connectivity index (χ1n) is 7.86. The van der Waals surface area contributed by atoms with Crippen LogP contribution in [0.5, 0.6) is 0 Å². The SMILES string of the molecule is Cc1c(Cc2ccccc2)c2ccccc2n1C/C(F)=C/CN. The third-order valence-electron chi connectivity index (χ3n) is 4.23. The predicted molar refractivity (Wildman–Crippen MR) is 94.2 cm³/mol. The summed E-state index contributed by atoms with van der Waals surface area (Å²) < 4.78 is 16.0. The third kappa shape index (κ3) is 3.20. The van der Waals surface area contributed by atoms with E-state index in [2.05, 4.69) is 25.1 Å². The molecular formula is C20H21FN2. The number of nitrogens with two attached hydrogens (primary N) is 1. The van der Waals surface area contributed by atoms with E-state index in [0.717, 1.165) is 17.6 Å². The maximum Gasteiger partial charge on any atom is 0.117 e. The molecule has 0 unspecified atom stereocenters. The molecule has 0 bridgehead atoms. The molecule has 0 fully saturated rings. The first-order chi connectivity index (χ1) is 11.2. The lowest BCUT2D eigenvalue weighted by Crippen LogP contribution is -2.03. The molecule has 2 N–H and O–H groups in total. The molecule has 0 saturated carbocycles. The minimum atomic E-state index is -0.192. The Morgan fingerprint density at radius 2 is 1.78 bits per heavy atom. The van der Waals surface area contributed by atoms with Crippen molar-refractivity contribution in [3.63, 3.8) is 0 Å². The average molecular weight is 308 g/mol. The van der Waals surface area contributed by atoms with Gasteiger partial charge < -0.3 is 10.3 Å². The van der Waals surface area contributed by atoms with Crippen LogP contribution in [-0.4, -0.2) is 11.1 Å². The van der Waals surface area contributed by atoms with Gasteiger partial charge in [0.15, 0.2) is 0 Å². The van der Waals surface area contributed by atoms with Gasteiger partial charge in [0.2, 0.25) is 0 Å². The van der Waals surface area contributed by atoms with E-state index in [-0.39, 0.29) is 18.9 Å². The highest BCUT2D eigenvalue weighted by Gasteiger charge is 2.14. The molecule has 1 heterocycles. The summed E-state index contributed by atoms with van der Waals surface area (Å²) in [5.74, 6) is -0.192. The summed E-state index contributed by atoms with van der Waals surface area (Å²) in [6, 6.07) is 18.6. The van der Waals surface area contributed by atoms with E-state index in [4.69, 9.17) is 5.73 Å². The molecule has 3 aromatic rings. The van der Waals surface area contributed by atoms with E-state index in [1.165, 1.54) is 22.6 Å². The van der Waals surface area contributed by atoms with Gasteiger partial charge in [-0.2, -0.15) is 0 Å². The molecule has 0 radical (unpaired) electrons. The molecule has 2 nitrogen and oxygen atoms in total. The fourth-order valence-electron chi connectivity index (χ4n) is 3.07. The number of halogens is 1. The number of aromatic nitrogens is 1. The highest BCUT2D eigenvalue weighted by molar-refractivity contribution is 5.86. The number of hydrogen-bond donors (Lipinski definition) is 1. The Balaban J connectivity index is 2.08. The van der Waals surface area contributed by atoms with Gasteiger partial charge in [-0.05, 0) is 36.6 Å². The Hall–Kier alpha value is -2.39. The number of nitrogens with zero attached hydrogens (tertiary/aromatic N) is 1. The highest BCUT2D eigenvalue weighted by Crippen LogP contribution is 2.28. The van der Waals surface area contributed by atoms with E-state index in [9.17, 15) is 4.39 Å². The number of rotatable bonds is 5. The van der Waals surface area contributed by atoms with Crippen LogP contribution < -0.4 is 5.73 Å². The molecule has 0 spiro atoms. The van der Waals surface area contributed by atoms with Crippen LogP contribution in [0.15, 0.2) is 66.5 Å². The topological polar surface area (TPSA) is 30.9 Å². The molecule has 0 aliphatic heterocycles. The maximum atomic E-state index is 14.0. The molecule has 0 amide bonds. The van der Waals surface area contributed by atoms with E-state index in [1.54, 1.807) is 0 Å². The van der Waals surface area contributed by atoms with Gasteiger partial charge in [0.05, 0.1) is 6.54 Å². The summed E-state index contributed by atoms with van der Waals surface area (Å²) >= 11 is 0. The van der Waals surface area contributed by atoms with Crippen LogP contribution in [0.3, 0.4) is 0 Å². The van der Waals surface area contributed by atoms with Crippen LogP contribution in [0.25, 0.3) is 10.9 Å². The largest absolute Gasteiger partial charge is 0.338 e. The summed E-state index contributed by atoms with van der Waals surface area (Å²) in [4.78, 5) is 0. The van der Waals surface area contributed by atoms with Crippen LogP contribution in [0.2, 0.25) is 0 Å². The summed E-state index contributed by atoms with van der Waals surface area (Å²) in [5.41, 5.74) is 10.1. The highest BCUT2D eigenvalue weighted by atomic mass is 19.1. The van der Waals surface area contributed by atoms with E-state index in [1.807, 2.05) is 41.0 Å². The van der Waals surface area contributed by atoms with Crippen molar-refractivity contribution in [1.29, 1.82) is 0 Å². The zero-order chi connectivity index (χ0) is 16.2. The lowest BCUT2D eigenvalue weighted by molar-refractivity contribution is 0.554. The van der Waals surface area contributed by atoms with Gasteiger partial charge in [-0.3, -0.25) is 0 Å². The minimum absolute atomic E-state index is 0.192. The van der Waals surface area contributed by atoms with E-state index >= 15 is 0 Å². The zero-order valence-electron chi connectivity index (χ0n) is 13.3. The van der Waals surface area contributed by atoms with E-state index in [0.29, 0.717) is 0 Å². The second-order valence-corrected chi connectivity index (χ2v) is 5.72. The van der Waals surface area contributed by atoms with Gasteiger partial charge in [-0.15, -0.1) is 0 Å². The van der Waals surface area contributed by atoms with Crippen molar-refractivity contribution in [2.45, 2.75) is 19.9 Å². The molecule has 3 heteroatoms. The van der Waals surface area contributed by atoms with Gasteiger partial charge in [0, 0.05) is 23.1 Å². The quantitative estimate of drug-likeness (QED) is 0.746. The molecule has 1 aromatic heterocycles. The average Bonchev–Trinajstić information content (AvgIpc) is 2.82. The van der Waals surface area contributed by atoms with Crippen LogP contribution in [0.4, 0.5) is 4.39 Å². The number of allylic oxidation sites excluding steroid dienone is 1. The summed E-state index contributed by atoms with van der Waals surface area (Å²) in [5, 5.41) is 1.19. The maximum absolute atomic E-state index is 14.0. The Bertz CT molecular complexity index is 831. The van der Waals surface area contributed by atoms with Gasteiger partial charge >= 0.3 is 0 Å². The molecule has 0 aliphatic carbocycles. The fraction of sp³-hybridized carbons (Fsp3) is 0.200. The normalized spacial score (nSPS) is 12.0. The lowest BCUT2D eigenvalue weighted by Gasteiger charge is -2.07. The second-order valence-electron chi connectivity index (χ2n) is 5.72. The van der Waals surface area contributed by atoms with E-state index < -0.39 is 0 Å². The molecule has 3 rings (SSSR count). The Morgan fingerprint density at radius 3 is 2.52 bits per heavy atom. The van der Waals surface area contributed by atoms with Gasteiger partial charge in [0.25, 0.3) is 0 Å². The molecule has 0 saturated heterocycles. The summed E-state index contributed by atoms with van der Waals surface area (Å²) in [6.07, 6.45) is 2.29. The molecule has 2 aromatic carbocycles. The summed E-state index contributed by atoms with van der Waals surface area (Å²) in [6.45, 7) is 2.52. The van der Waals surface area contributed by atoms with Gasteiger partial charge in [-0.25, -0.2) is 4.39 Å². The van der Waals surface area contributed by atoms with Crippen molar-refractivity contribution in [3.05, 3.63) is 83.3 Å². The second kappa shape index (κ2) is 6.80. The van der Waals surface area contributed by atoms with Crippen LogP contribution in [0, 0.1) is 6.92 Å². The first-order valence-corrected chi connectivity index (χ1v) is 7.86. The van der Waals surface area contributed by atoms with Crippen LogP contribution >= 0.6 is 0 Å². The Labute approximate surface area is 136 Å². The molecular weight excluding hydrogens is 287 g/mol. The fourth-order valence-corrected chi connectivity index (χ4v) is 3.07. The van der Waals surface area contributed by atoms with Gasteiger partial charge in [-0.1, -0.05) is 48.5 Å². The molecule has 0 aliphatic rings. The monoisotopic (exact) mass is 308 g/mol. The Morgan fingerprint density at radius 1 is 1.09 bits per heavy atom. The minimum Gasteiger partial charge on any atom is -0.338 e. The van der Waals surface area contributed by atoms with Gasteiger partial charge in [0.1, 0.15) is 5.83 Å². The summed E-state index contributed by atoms with van der Waals surface area (Å²) in [7, 11) is 0. The van der Waals surface area contributed by atoms with Crippen molar-refractivity contribution in [1.82, 2.24) is 4.57 Å². The zero-order valence-corrected chi connectivity index (χ0v) is 13.3. The number of para-hydroxylation sites is 1. The van der Waals surface area contributed by atoms with Crippen molar-refractivity contribution >= 4 is 10.9 Å². The van der Waals surface area contributed by atoms with Crippen molar-refractivity contribution in [2.24, 2.45) is 5.73 Å². The molecule has 118 valence electrons. The molecule has 0 atom stereocenters. The molecule has 23 heavy (non-hydrogen) atoms. The third-order valence-corrected chi connectivity index (χ3v) is 4.23. The van der Waals surface area contributed by atoms with Crippen molar-refractivity contribution in [3.8, 4) is 0 Å². The number of hydrogen-bond acceptors (Lipinski definition) is 1. The standard InChI is InChI=1S/C20H21FN2/c1-15-19(13-16-7-3-2-4-8-16)18-9-5-6-10-20(18)23(15)14-17(21)11-12-22/h2-11H,12-14,22H2,1H3/b17-11-. The predicted octanol–water partition coefficient (Wildman–Crippen LogP) is 4.35. The first kappa shape index (κ1) is 15.5. The van der Waals surface area contributed by atoms with Crippen LogP contribution in [-0.2, 0) is 13.0 Å². The number of fused-ring (bicyclic) bond motifs is 1. The Kier molecular flexibility index (Phi) is 4.58. The van der Waals surface area contributed by atoms with Crippen molar-refractivity contribution < 1.29 is 4.39 Å². The smallest absolute Gasteiger partial charge is 0.117 e. The van der Waals surface area contributed by atoms with Crippen LogP contribution in [0.1, 0.15) is 16.8 Å². The number of benzene rings is 2. The van der Waals surface area contributed by atoms with Crippen molar-refractivity contribution in [2.75, 3.05) is 6.54 Å².